The number of para-hydroxylation sites is 1. The smallest absolute Gasteiger partial charge is 0.375 e. The number of carbonyl (C=O) groups excluding carboxylic acids is 3. The summed E-state index contributed by atoms with van der Waals surface area (Å²) >= 11 is 0. The molecule has 8 nitrogen and oxygen atoms in total. The fraction of sp³-hybridized carbons (Fsp3) is 0.150. The van der Waals surface area contributed by atoms with E-state index in [1.807, 2.05) is 5.32 Å². The standard InChI is InChI=1S/C20H17FN2O6/c1-11-13-9-12(27-2)7-8-16(13)29-18(11)19(25)28-10-17(24)23-20(26)22-15-6-4-3-5-14(15)21/h3-9H,10H2,1-2H3,(H2,22,23,24,26). The average molecular weight is 400 g/mol. The van der Waals surface area contributed by atoms with Crippen LogP contribution in [-0.2, 0) is 9.53 Å². The number of hydrogen-bond acceptors (Lipinski definition) is 6. The quantitative estimate of drug-likeness (QED) is 0.636. The number of amides is 3. The molecule has 0 atom stereocenters. The monoisotopic (exact) mass is 400 g/mol. The number of carbonyl (C=O) groups is 3. The van der Waals surface area contributed by atoms with E-state index in [4.69, 9.17) is 13.9 Å². The van der Waals surface area contributed by atoms with Crippen LogP contribution in [0.3, 0.4) is 0 Å². The molecule has 29 heavy (non-hydrogen) atoms. The molecule has 150 valence electrons. The molecule has 0 fully saturated rings. The second-order valence-electron chi connectivity index (χ2n) is 5.98. The predicted octanol–water partition coefficient (Wildman–Crippen LogP) is 3.39. The largest absolute Gasteiger partial charge is 0.497 e. The number of esters is 1. The molecule has 3 aromatic rings. The van der Waals surface area contributed by atoms with E-state index in [0.29, 0.717) is 22.3 Å². The zero-order chi connectivity index (χ0) is 21.0. The SMILES string of the molecule is COc1ccc2oc(C(=O)OCC(=O)NC(=O)Nc3ccccc3F)c(C)c2c1. The number of anilines is 1. The van der Waals surface area contributed by atoms with Crippen LogP contribution in [0.5, 0.6) is 5.75 Å². The molecule has 0 aliphatic carbocycles. The number of rotatable bonds is 5. The maximum Gasteiger partial charge on any atom is 0.375 e. The number of methoxy groups -OCH3 is 1. The van der Waals surface area contributed by atoms with Crippen LogP contribution in [0.1, 0.15) is 16.1 Å². The van der Waals surface area contributed by atoms with E-state index in [-0.39, 0.29) is 11.4 Å². The van der Waals surface area contributed by atoms with Crippen molar-refractivity contribution in [1.29, 1.82) is 0 Å². The van der Waals surface area contributed by atoms with Gasteiger partial charge in [0.1, 0.15) is 17.1 Å². The van der Waals surface area contributed by atoms with Crippen LogP contribution in [0.4, 0.5) is 14.9 Å². The lowest BCUT2D eigenvalue weighted by atomic mass is 10.1. The highest BCUT2D eigenvalue weighted by molar-refractivity contribution is 6.02. The van der Waals surface area contributed by atoms with Gasteiger partial charge in [-0.2, -0.15) is 0 Å². The molecule has 0 unspecified atom stereocenters. The normalized spacial score (nSPS) is 10.4. The summed E-state index contributed by atoms with van der Waals surface area (Å²) in [7, 11) is 1.52. The van der Waals surface area contributed by atoms with E-state index in [2.05, 4.69) is 5.32 Å². The van der Waals surface area contributed by atoms with Crippen LogP contribution in [0.2, 0.25) is 0 Å². The minimum atomic E-state index is -0.955. The molecule has 0 aliphatic heterocycles. The van der Waals surface area contributed by atoms with Crippen LogP contribution in [-0.4, -0.2) is 31.6 Å². The molecule has 0 saturated carbocycles. The van der Waals surface area contributed by atoms with Gasteiger partial charge in [0.2, 0.25) is 5.76 Å². The van der Waals surface area contributed by atoms with E-state index >= 15 is 0 Å². The molecule has 0 aliphatic rings. The highest BCUT2D eigenvalue weighted by Crippen LogP contribution is 2.29. The first-order valence-electron chi connectivity index (χ1n) is 8.48. The summed E-state index contributed by atoms with van der Waals surface area (Å²) in [4.78, 5) is 35.8. The summed E-state index contributed by atoms with van der Waals surface area (Å²) in [5.74, 6) is -1.86. The molecule has 2 N–H and O–H groups in total. The van der Waals surface area contributed by atoms with E-state index in [1.165, 1.54) is 25.3 Å². The third-order valence-corrected chi connectivity index (χ3v) is 4.04. The van der Waals surface area contributed by atoms with Crippen molar-refractivity contribution in [2.24, 2.45) is 0 Å². The van der Waals surface area contributed by atoms with Gasteiger partial charge in [-0.05, 0) is 37.3 Å². The van der Waals surface area contributed by atoms with Gasteiger partial charge in [-0.1, -0.05) is 12.1 Å². The van der Waals surface area contributed by atoms with Crippen molar-refractivity contribution >= 4 is 34.6 Å². The van der Waals surface area contributed by atoms with Gasteiger partial charge in [-0.15, -0.1) is 0 Å². The Morgan fingerprint density at radius 3 is 2.62 bits per heavy atom. The lowest BCUT2D eigenvalue weighted by Crippen LogP contribution is -2.37. The summed E-state index contributed by atoms with van der Waals surface area (Å²) in [6.07, 6.45) is 0. The van der Waals surface area contributed by atoms with E-state index in [1.54, 1.807) is 25.1 Å². The number of furan rings is 1. The molecule has 2 aromatic carbocycles. The Bertz CT molecular complexity index is 1090. The number of halogens is 1. The van der Waals surface area contributed by atoms with E-state index in [0.717, 1.165) is 6.07 Å². The van der Waals surface area contributed by atoms with Crippen molar-refractivity contribution in [2.75, 3.05) is 19.0 Å². The first-order valence-corrected chi connectivity index (χ1v) is 8.48. The summed E-state index contributed by atoms with van der Waals surface area (Å²) in [6, 6.07) is 9.56. The maximum absolute atomic E-state index is 13.5. The number of aryl methyl sites for hydroxylation is 1. The van der Waals surface area contributed by atoms with Crippen LogP contribution < -0.4 is 15.4 Å². The molecular formula is C20H17FN2O6. The minimum absolute atomic E-state index is 0.0585. The summed E-state index contributed by atoms with van der Waals surface area (Å²) in [5.41, 5.74) is 0.897. The van der Waals surface area contributed by atoms with Crippen LogP contribution in [0.15, 0.2) is 46.9 Å². The fourth-order valence-electron chi connectivity index (χ4n) is 2.60. The van der Waals surface area contributed by atoms with Crippen molar-refractivity contribution < 1.29 is 32.7 Å². The van der Waals surface area contributed by atoms with E-state index < -0.39 is 30.3 Å². The lowest BCUT2D eigenvalue weighted by molar-refractivity contribution is -0.123. The molecule has 0 radical (unpaired) electrons. The van der Waals surface area contributed by atoms with Gasteiger partial charge in [-0.25, -0.2) is 14.0 Å². The summed E-state index contributed by atoms with van der Waals surface area (Å²) < 4.78 is 29.0. The number of nitrogens with one attached hydrogen (secondary N) is 2. The maximum atomic E-state index is 13.5. The molecule has 9 heteroatoms. The second-order valence-corrected chi connectivity index (χ2v) is 5.98. The molecule has 0 bridgehead atoms. The Morgan fingerprint density at radius 2 is 1.90 bits per heavy atom. The topological polar surface area (TPSA) is 107 Å². The van der Waals surface area contributed by atoms with Crippen molar-refractivity contribution in [3.63, 3.8) is 0 Å². The molecule has 1 heterocycles. The summed E-state index contributed by atoms with van der Waals surface area (Å²) in [5, 5.41) is 4.79. The highest BCUT2D eigenvalue weighted by Gasteiger charge is 2.21. The molecular weight excluding hydrogens is 383 g/mol. The molecule has 3 amide bonds. The Morgan fingerprint density at radius 1 is 1.14 bits per heavy atom. The number of hydrogen-bond donors (Lipinski definition) is 2. The second kappa shape index (κ2) is 8.42. The van der Waals surface area contributed by atoms with Gasteiger partial charge in [0.25, 0.3) is 5.91 Å². The highest BCUT2D eigenvalue weighted by atomic mass is 19.1. The Balaban J connectivity index is 1.58. The van der Waals surface area contributed by atoms with Crippen LogP contribution in [0, 0.1) is 12.7 Å². The van der Waals surface area contributed by atoms with Crippen molar-refractivity contribution in [2.45, 2.75) is 6.92 Å². The van der Waals surface area contributed by atoms with Gasteiger partial charge in [-0.3, -0.25) is 10.1 Å². The van der Waals surface area contributed by atoms with Crippen molar-refractivity contribution in [3.8, 4) is 5.75 Å². The Kier molecular flexibility index (Phi) is 5.77. The first-order chi connectivity index (χ1) is 13.9. The fourth-order valence-corrected chi connectivity index (χ4v) is 2.60. The Labute approximate surface area is 164 Å². The number of benzene rings is 2. The van der Waals surface area contributed by atoms with E-state index in [9.17, 15) is 18.8 Å². The van der Waals surface area contributed by atoms with Crippen LogP contribution >= 0.6 is 0 Å². The lowest BCUT2D eigenvalue weighted by Gasteiger charge is -2.07. The van der Waals surface area contributed by atoms with Crippen LogP contribution in [0.25, 0.3) is 11.0 Å². The number of urea groups is 1. The zero-order valence-corrected chi connectivity index (χ0v) is 15.6. The minimum Gasteiger partial charge on any atom is -0.497 e. The number of ether oxygens (including phenoxy) is 2. The number of fused-ring (bicyclic) bond motifs is 1. The third-order valence-electron chi connectivity index (χ3n) is 4.04. The van der Waals surface area contributed by atoms with Gasteiger partial charge in [0.05, 0.1) is 12.8 Å². The zero-order valence-electron chi connectivity index (χ0n) is 15.6. The first kappa shape index (κ1) is 19.9. The van der Waals surface area contributed by atoms with Gasteiger partial charge < -0.3 is 19.2 Å². The van der Waals surface area contributed by atoms with Gasteiger partial charge >= 0.3 is 12.0 Å². The van der Waals surface area contributed by atoms with Gasteiger partial charge in [0.15, 0.2) is 6.61 Å². The average Bonchev–Trinajstić information content (AvgIpc) is 3.04. The van der Waals surface area contributed by atoms with Gasteiger partial charge in [0, 0.05) is 10.9 Å². The predicted molar refractivity (Wildman–Crippen MR) is 101 cm³/mol. The molecule has 1 aromatic heterocycles. The Hall–Kier alpha value is -3.88. The summed E-state index contributed by atoms with van der Waals surface area (Å²) in [6.45, 7) is 0.952. The van der Waals surface area contributed by atoms with Crippen molar-refractivity contribution in [3.05, 3.63) is 59.6 Å². The molecule has 0 saturated heterocycles. The molecule has 0 spiro atoms. The van der Waals surface area contributed by atoms with Crippen molar-refractivity contribution in [1.82, 2.24) is 5.32 Å². The number of imide groups is 1. The third kappa shape index (κ3) is 4.52. The molecule has 3 rings (SSSR count).